The van der Waals surface area contributed by atoms with E-state index >= 15 is 0 Å². The zero-order valence-corrected chi connectivity index (χ0v) is 11.5. The number of nitrogens with zero attached hydrogens (tertiary/aromatic N) is 4. The molecule has 0 spiro atoms. The van der Waals surface area contributed by atoms with Gasteiger partial charge in [0.2, 0.25) is 0 Å². The molecule has 1 fully saturated rings. The van der Waals surface area contributed by atoms with E-state index in [1.165, 1.54) is 21.8 Å². The molecule has 3 rings (SSSR count). The predicted molar refractivity (Wildman–Crippen MR) is 73.2 cm³/mol. The molecule has 4 N–H and O–H groups in total. The second kappa shape index (κ2) is 5.51. The van der Waals surface area contributed by atoms with Crippen LogP contribution in [0.4, 0.5) is 0 Å². The molecule has 0 amide bonds. The standard InChI is InChI=1S/C13H15N5O4/c1-2-3-17-5-16-12-8(11(17)14)15-6-18(12)13-10(21)9(20)7(4-19)22-13/h1,5-7,9-10,13-14,19-21H,3-4H2/t7-,9-,10-,13-/m1/s1. The Morgan fingerprint density at radius 1 is 1.32 bits per heavy atom. The fourth-order valence-corrected chi connectivity index (χ4v) is 2.48. The Morgan fingerprint density at radius 3 is 2.73 bits per heavy atom. The van der Waals surface area contributed by atoms with Crippen LogP contribution in [0.3, 0.4) is 0 Å². The van der Waals surface area contributed by atoms with Gasteiger partial charge in [0, 0.05) is 0 Å². The number of ether oxygens (including phenoxy) is 1. The summed E-state index contributed by atoms with van der Waals surface area (Å²) in [7, 11) is 0. The van der Waals surface area contributed by atoms with Crippen LogP contribution in [0.1, 0.15) is 6.23 Å². The summed E-state index contributed by atoms with van der Waals surface area (Å²) in [5.74, 6) is 2.42. The van der Waals surface area contributed by atoms with Crippen molar-refractivity contribution >= 4 is 11.2 Å². The first-order valence-corrected chi connectivity index (χ1v) is 6.61. The molecule has 1 aliphatic rings. The van der Waals surface area contributed by atoms with Crippen LogP contribution >= 0.6 is 0 Å². The van der Waals surface area contributed by atoms with Crippen molar-refractivity contribution in [3.63, 3.8) is 0 Å². The summed E-state index contributed by atoms with van der Waals surface area (Å²) in [6.45, 7) is -0.219. The lowest BCUT2D eigenvalue weighted by Crippen LogP contribution is -2.33. The fourth-order valence-electron chi connectivity index (χ4n) is 2.48. The van der Waals surface area contributed by atoms with Gasteiger partial charge >= 0.3 is 0 Å². The molecule has 0 bridgehead atoms. The summed E-state index contributed by atoms with van der Waals surface area (Å²) in [5, 5.41) is 37.1. The molecule has 0 saturated carbocycles. The van der Waals surface area contributed by atoms with Crippen molar-refractivity contribution in [3.05, 3.63) is 18.1 Å². The number of imidazole rings is 1. The molecule has 0 aromatic carbocycles. The van der Waals surface area contributed by atoms with Gasteiger partial charge in [-0.05, 0) is 0 Å². The van der Waals surface area contributed by atoms with Crippen LogP contribution in [0.15, 0.2) is 12.7 Å². The molecule has 9 heteroatoms. The number of hydrogen-bond donors (Lipinski definition) is 4. The van der Waals surface area contributed by atoms with E-state index in [9.17, 15) is 10.2 Å². The normalized spacial score (nSPS) is 28.1. The number of fused-ring (bicyclic) bond motifs is 1. The molecule has 1 aliphatic heterocycles. The molecule has 0 unspecified atom stereocenters. The van der Waals surface area contributed by atoms with Gasteiger partial charge in [0.15, 0.2) is 17.4 Å². The summed E-state index contributed by atoms with van der Waals surface area (Å²) in [6.07, 6.45) is 3.74. The van der Waals surface area contributed by atoms with E-state index in [4.69, 9.17) is 21.7 Å². The molecule has 0 radical (unpaired) electrons. The Bertz CT molecular complexity index is 792. The van der Waals surface area contributed by atoms with Crippen LogP contribution < -0.4 is 5.49 Å². The van der Waals surface area contributed by atoms with Crippen molar-refractivity contribution in [3.8, 4) is 12.3 Å². The van der Waals surface area contributed by atoms with Gasteiger partial charge in [-0.1, -0.05) is 5.92 Å². The first-order chi connectivity index (χ1) is 10.6. The van der Waals surface area contributed by atoms with Gasteiger partial charge in [-0.3, -0.25) is 9.98 Å². The van der Waals surface area contributed by atoms with Gasteiger partial charge in [-0.15, -0.1) is 6.42 Å². The van der Waals surface area contributed by atoms with Crippen LogP contribution in [-0.4, -0.2) is 59.3 Å². The average Bonchev–Trinajstić information content (AvgIpc) is 3.05. The van der Waals surface area contributed by atoms with E-state index in [0.29, 0.717) is 11.2 Å². The molecule has 2 aromatic rings. The summed E-state index contributed by atoms with van der Waals surface area (Å²) in [5.41, 5.74) is 0.719. The maximum Gasteiger partial charge on any atom is 0.167 e. The third-order valence-electron chi connectivity index (χ3n) is 3.65. The van der Waals surface area contributed by atoms with E-state index < -0.39 is 31.1 Å². The first-order valence-electron chi connectivity index (χ1n) is 6.61. The fraction of sp³-hybridized carbons (Fsp3) is 0.462. The molecular weight excluding hydrogens is 290 g/mol. The SMILES string of the molecule is C#CCn1cnc2c(ncn2[C@@H]2O[C@H](CO)[C@@H](O)[C@H]2O)c1=N. The smallest absolute Gasteiger partial charge is 0.167 e. The second-order valence-electron chi connectivity index (χ2n) is 4.98. The Balaban J connectivity index is 2.05. The van der Waals surface area contributed by atoms with Crippen molar-refractivity contribution in [2.75, 3.05) is 6.61 Å². The average molecular weight is 305 g/mol. The Hall–Kier alpha value is -2.25. The second-order valence-corrected chi connectivity index (χ2v) is 4.98. The molecule has 1 saturated heterocycles. The molecule has 3 heterocycles. The van der Waals surface area contributed by atoms with Gasteiger partial charge < -0.3 is 24.6 Å². The topological polar surface area (TPSA) is 129 Å². The van der Waals surface area contributed by atoms with E-state index in [-0.39, 0.29) is 12.0 Å². The predicted octanol–water partition coefficient (Wildman–Crippen LogP) is -2.04. The van der Waals surface area contributed by atoms with Crippen molar-refractivity contribution in [2.45, 2.75) is 31.1 Å². The Kier molecular flexibility index (Phi) is 3.67. The number of aromatic nitrogens is 4. The van der Waals surface area contributed by atoms with Crippen LogP contribution in [0, 0.1) is 17.8 Å². The Morgan fingerprint density at radius 2 is 2.09 bits per heavy atom. The number of aliphatic hydroxyl groups excluding tert-OH is 3. The van der Waals surface area contributed by atoms with E-state index in [1.807, 2.05) is 0 Å². The lowest BCUT2D eigenvalue weighted by Gasteiger charge is -2.16. The molecule has 116 valence electrons. The van der Waals surface area contributed by atoms with Crippen LogP contribution in [0.2, 0.25) is 0 Å². The molecule has 0 aliphatic carbocycles. The monoisotopic (exact) mass is 305 g/mol. The minimum absolute atomic E-state index is 0.0912. The lowest BCUT2D eigenvalue weighted by molar-refractivity contribution is -0.0511. The van der Waals surface area contributed by atoms with Crippen molar-refractivity contribution in [1.82, 2.24) is 19.1 Å². The van der Waals surface area contributed by atoms with E-state index in [1.54, 1.807) is 0 Å². The van der Waals surface area contributed by atoms with Gasteiger partial charge in [0.25, 0.3) is 0 Å². The molecular formula is C13H15N5O4. The number of aliphatic hydroxyl groups is 3. The van der Waals surface area contributed by atoms with Crippen molar-refractivity contribution in [1.29, 1.82) is 5.41 Å². The number of terminal acetylenes is 1. The van der Waals surface area contributed by atoms with Crippen LogP contribution in [0.25, 0.3) is 11.2 Å². The van der Waals surface area contributed by atoms with Crippen LogP contribution in [-0.2, 0) is 11.3 Å². The highest BCUT2D eigenvalue weighted by Gasteiger charge is 2.43. The molecule has 9 nitrogen and oxygen atoms in total. The number of hydrogen-bond acceptors (Lipinski definition) is 7. The first kappa shape index (κ1) is 14.7. The van der Waals surface area contributed by atoms with E-state index in [0.717, 1.165) is 0 Å². The minimum Gasteiger partial charge on any atom is -0.394 e. The molecule has 4 atom stereocenters. The van der Waals surface area contributed by atoms with E-state index in [2.05, 4.69) is 15.9 Å². The number of rotatable bonds is 3. The zero-order valence-electron chi connectivity index (χ0n) is 11.5. The molecule has 22 heavy (non-hydrogen) atoms. The van der Waals surface area contributed by atoms with Gasteiger partial charge in [-0.25, -0.2) is 9.97 Å². The lowest BCUT2D eigenvalue weighted by atomic mass is 10.1. The Labute approximate surface area is 124 Å². The van der Waals surface area contributed by atoms with Gasteiger partial charge in [0.1, 0.15) is 23.8 Å². The highest BCUT2D eigenvalue weighted by molar-refractivity contribution is 5.68. The zero-order chi connectivity index (χ0) is 15.9. The van der Waals surface area contributed by atoms with Gasteiger partial charge in [0.05, 0.1) is 25.8 Å². The molecule has 2 aromatic heterocycles. The third kappa shape index (κ3) is 2.10. The highest BCUT2D eigenvalue weighted by Crippen LogP contribution is 2.30. The summed E-state index contributed by atoms with van der Waals surface area (Å²) < 4.78 is 8.32. The van der Waals surface area contributed by atoms with Crippen LogP contribution in [0.5, 0.6) is 0 Å². The minimum atomic E-state index is -1.23. The maximum absolute atomic E-state index is 10.1. The highest BCUT2D eigenvalue weighted by atomic mass is 16.6. The maximum atomic E-state index is 10.1. The van der Waals surface area contributed by atoms with Gasteiger partial charge in [-0.2, -0.15) is 0 Å². The summed E-state index contributed by atoms with van der Waals surface area (Å²) in [6, 6.07) is 0. The van der Waals surface area contributed by atoms with Crippen molar-refractivity contribution in [2.24, 2.45) is 0 Å². The summed E-state index contributed by atoms with van der Waals surface area (Å²) in [4.78, 5) is 8.29. The quantitative estimate of drug-likeness (QED) is 0.483. The van der Waals surface area contributed by atoms with Crippen molar-refractivity contribution < 1.29 is 20.1 Å². The third-order valence-corrected chi connectivity index (χ3v) is 3.65. The summed E-state index contributed by atoms with van der Waals surface area (Å²) >= 11 is 0. The largest absolute Gasteiger partial charge is 0.394 e. The number of nitrogens with one attached hydrogen (secondary N) is 1.